The molecule has 1 heterocycles. The fraction of sp³-hybridized carbons (Fsp3) is 0.485. The van der Waals surface area contributed by atoms with Crippen molar-refractivity contribution in [3.63, 3.8) is 0 Å². The number of aryl methyl sites for hydroxylation is 1. The first kappa shape index (κ1) is 32.4. The van der Waals surface area contributed by atoms with Crippen LogP contribution in [0, 0.1) is 11.8 Å². The van der Waals surface area contributed by atoms with Crippen LogP contribution in [0.25, 0.3) is 0 Å². The summed E-state index contributed by atoms with van der Waals surface area (Å²) < 4.78 is 61.2. The van der Waals surface area contributed by atoms with E-state index in [9.17, 15) is 27.1 Å². The molecule has 0 unspecified atom stereocenters. The van der Waals surface area contributed by atoms with Gasteiger partial charge in [-0.15, -0.1) is 13.2 Å². The topological polar surface area (TPSA) is 95.9 Å². The lowest BCUT2D eigenvalue weighted by Gasteiger charge is -2.45. The van der Waals surface area contributed by atoms with E-state index in [4.69, 9.17) is 16.3 Å². The van der Waals surface area contributed by atoms with Crippen molar-refractivity contribution in [2.45, 2.75) is 68.1 Å². The number of carbonyl (C=O) groups excluding carboxylic acids is 1. The van der Waals surface area contributed by atoms with Gasteiger partial charge in [0, 0.05) is 29.1 Å². The molecule has 2 aliphatic carbocycles. The van der Waals surface area contributed by atoms with Gasteiger partial charge in [-0.1, -0.05) is 29.8 Å². The van der Waals surface area contributed by atoms with Gasteiger partial charge < -0.3 is 14.7 Å². The molecule has 238 valence electrons. The third-order valence-electron chi connectivity index (χ3n) is 9.48. The number of allylic oxidation sites excluding steroid dienone is 1. The van der Waals surface area contributed by atoms with Crippen molar-refractivity contribution in [1.82, 2.24) is 4.72 Å². The fourth-order valence-corrected chi connectivity index (χ4v) is 8.39. The average Bonchev–Trinajstić information content (AvgIpc) is 3.11. The highest BCUT2D eigenvalue weighted by atomic mass is 35.5. The summed E-state index contributed by atoms with van der Waals surface area (Å²) in [4.78, 5) is 15.4. The van der Waals surface area contributed by atoms with Gasteiger partial charge in [-0.05, 0) is 98.2 Å². The number of alkyl halides is 2. The number of hydrogen-bond acceptors (Lipinski definition) is 6. The van der Waals surface area contributed by atoms with E-state index in [-0.39, 0.29) is 35.7 Å². The molecule has 5 rings (SSSR count). The molecule has 0 bridgehead atoms. The first-order valence-electron chi connectivity index (χ1n) is 15.0. The zero-order valence-electron chi connectivity index (χ0n) is 24.6. The van der Waals surface area contributed by atoms with Crippen LogP contribution in [0.5, 0.6) is 5.75 Å². The molecule has 44 heavy (non-hydrogen) atoms. The minimum Gasteiger partial charge on any atom is -0.490 e. The molecule has 3 aliphatic rings. The molecule has 2 aromatic rings. The highest BCUT2D eigenvalue weighted by Crippen LogP contribution is 2.46. The van der Waals surface area contributed by atoms with Gasteiger partial charge in [0.2, 0.25) is 10.0 Å². The summed E-state index contributed by atoms with van der Waals surface area (Å²) in [6.07, 6.45) is 3.36. The molecule has 0 aromatic heterocycles. The van der Waals surface area contributed by atoms with Crippen molar-refractivity contribution in [2.24, 2.45) is 11.8 Å². The minimum absolute atomic E-state index is 0.0146. The number of carbonyl (C=O) groups is 1. The van der Waals surface area contributed by atoms with Gasteiger partial charge in [-0.25, -0.2) is 21.9 Å². The van der Waals surface area contributed by atoms with Gasteiger partial charge in [0.25, 0.3) is 12.3 Å². The Morgan fingerprint density at radius 1 is 1.23 bits per heavy atom. The first-order valence-corrected chi connectivity index (χ1v) is 17.0. The highest BCUT2D eigenvalue weighted by Gasteiger charge is 2.44. The summed E-state index contributed by atoms with van der Waals surface area (Å²) in [5.41, 5.74) is 2.61. The van der Waals surface area contributed by atoms with Crippen LogP contribution < -0.4 is 14.4 Å². The summed E-state index contributed by atoms with van der Waals surface area (Å²) in [5, 5.41) is 9.18. The summed E-state index contributed by atoms with van der Waals surface area (Å²) in [6, 6.07) is 10.6. The minimum atomic E-state index is -4.67. The van der Waals surface area contributed by atoms with Gasteiger partial charge >= 0.3 is 0 Å². The number of nitrogens with one attached hydrogen (secondary N) is 1. The van der Waals surface area contributed by atoms with Gasteiger partial charge in [0.15, 0.2) is 0 Å². The number of hydrogen-bond donors (Lipinski definition) is 2. The van der Waals surface area contributed by atoms with Crippen LogP contribution in [0.1, 0.15) is 60.0 Å². The van der Waals surface area contributed by atoms with Crippen LogP contribution >= 0.6 is 11.6 Å². The van der Waals surface area contributed by atoms with E-state index in [0.29, 0.717) is 36.2 Å². The lowest BCUT2D eigenvalue weighted by Crippen LogP contribution is -2.49. The second-order valence-corrected chi connectivity index (χ2v) is 14.6. The molecule has 0 radical (unpaired) electrons. The molecule has 2 N–H and O–H groups in total. The monoisotopic (exact) mass is 648 g/mol. The standard InChI is InChI=1S/C33H39ClF2N2O5S/c1-3-5-8-30(31(35)36)44(41,42)37-32(40)22-10-14-29-27(17-22)38(18-23-9-12-25(23)28(39)4-2)19-33(20-43-29)15-6-7-21-16-24(34)11-13-26(21)33/h3-4,10-11,13-14,16-17,23,25,28,30-31,39H,1-2,5-9,12,15,18-20H2,(H,37,40)/t23-,25+,28-,30+,33-/m0/s1. The van der Waals surface area contributed by atoms with Crippen LogP contribution in [0.2, 0.25) is 5.02 Å². The van der Waals surface area contributed by atoms with Gasteiger partial charge in [-0.2, -0.15) is 0 Å². The predicted molar refractivity (Wildman–Crippen MR) is 168 cm³/mol. The lowest BCUT2D eigenvalue weighted by atomic mass is 9.68. The van der Waals surface area contributed by atoms with E-state index < -0.39 is 33.7 Å². The number of benzene rings is 2. The fourth-order valence-electron chi connectivity index (χ4n) is 6.95. The SMILES string of the molecule is C=CCC[C@H](C(F)F)S(=O)(=O)NC(=O)c1ccc2c(c1)N(C[C@@H]1CC[C@H]1[C@@H](O)C=C)C[C@@]1(CCCc3cc(Cl)ccc31)CO2. The molecule has 1 aliphatic heterocycles. The third kappa shape index (κ3) is 6.53. The Morgan fingerprint density at radius 2 is 2.02 bits per heavy atom. The Hall–Kier alpha value is -2.95. The normalized spacial score (nSPS) is 24.2. The van der Waals surface area contributed by atoms with Gasteiger partial charge in [0.1, 0.15) is 11.0 Å². The van der Waals surface area contributed by atoms with Crippen LogP contribution in [-0.4, -0.2) is 56.9 Å². The van der Waals surface area contributed by atoms with Crippen LogP contribution in [0.3, 0.4) is 0 Å². The summed E-state index contributed by atoms with van der Waals surface area (Å²) in [6.45, 7) is 8.77. The zero-order valence-corrected chi connectivity index (χ0v) is 26.1. The summed E-state index contributed by atoms with van der Waals surface area (Å²) >= 11 is 6.35. The second kappa shape index (κ2) is 13.2. The Kier molecular flexibility index (Phi) is 9.72. The molecular formula is C33H39ClF2N2O5S. The molecule has 2 aromatic carbocycles. The van der Waals surface area contributed by atoms with Crippen LogP contribution in [0.15, 0.2) is 61.7 Å². The maximum atomic E-state index is 13.6. The second-order valence-electron chi connectivity index (χ2n) is 12.2. The van der Waals surface area contributed by atoms with Crippen molar-refractivity contribution < 1.29 is 31.8 Å². The maximum absolute atomic E-state index is 13.6. The molecule has 7 nitrogen and oxygen atoms in total. The Bertz CT molecular complexity index is 1520. The molecule has 1 spiro atoms. The van der Waals surface area contributed by atoms with Gasteiger partial charge in [-0.3, -0.25) is 4.79 Å². The molecule has 11 heteroatoms. The summed E-state index contributed by atoms with van der Waals surface area (Å²) in [5.74, 6) is -0.239. The van der Waals surface area contributed by atoms with E-state index in [2.05, 4.69) is 24.1 Å². The van der Waals surface area contributed by atoms with Crippen molar-refractivity contribution in [2.75, 3.05) is 24.6 Å². The van der Waals surface area contributed by atoms with Crippen molar-refractivity contribution in [1.29, 1.82) is 0 Å². The summed E-state index contributed by atoms with van der Waals surface area (Å²) in [7, 11) is -4.67. The smallest absolute Gasteiger partial charge is 0.264 e. The number of nitrogens with zero attached hydrogens (tertiary/aromatic N) is 1. The first-order chi connectivity index (χ1) is 21.0. The highest BCUT2D eigenvalue weighted by molar-refractivity contribution is 7.90. The van der Waals surface area contributed by atoms with E-state index in [1.54, 1.807) is 18.2 Å². The number of halogens is 3. The molecule has 0 saturated heterocycles. The number of anilines is 1. The van der Waals surface area contributed by atoms with Crippen LogP contribution in [0.4, 0.5) is 14.5 Å². The third-order valence-corrected chi connectivity index (χ3v) is 11.4. The van der Waals surface area contributed by atoms with E-state index in [1.165, 1.54) is 23.3 Å². The molecule has 1 saturated carbocycles. The Balaban J connectivity index is 1.49. The average molecular weight is 649 g/mol. The Morgan fingerprint density at radius 3 is 2.70 bits per heavy atom. The number of amides is 1. The number of rotatable bonds is 11. The van der Waals surface area contributed by atoms with Crippen molar-refractivity contribution in [3.8, 4) is 5.75 Å². The molecule has 1 fully saturated rings. The van der Waals surface area contributed by atoms with E-state index >= 15 is 0 Å². The number of ether oxygens (including phenoxy) is 1. The van der Waals surface area contributed by atoms with E-state index in [1.807, 2.05) is 16.9 Å². The lowest BCUT2D eigenvalue weighted by molar-refractivity contribution is 0.0460. The molecular weight excluding hydrogens is 610 g/mol. The number of aliphatic hydroxyl groups excluding tert-OH is 1. The zero-order chi connectivity index (χ0) is 31.6. The molecule has 1 amide bonds. The molecule has 5 atom stereocenters. The largest absolute Gasteiger partial charge is 0.490 e. The van der Waals surface area contributed by atoms with E-state index in [0.717, 1.165) is 32.1 Å². The number of aliphatic hydroxyl groups is 1. The van der Waals surface area contributed by atoms with Crippen molar-refractivity contribution >= 4 is 33.2 Å². The maximum Gasteiger partial charge on any atom is 0.264 e. The number of sulfonamides is 1. The predicted octanol–water partition coefficient (Wildman–Crippen LogP) is 6.05. The van der Waals surface area contributed by atoms with Crippen LogP contribution in [-0.2, 0) is 21.9 Å². The van der Waals surface area contributed by atoms with Gasteiger partial charge in [0.05, 0.1) is 18.4 Å². The quantitative estimate of drug-likeness (QED) is 0.288. The van der Waals surface area contributed by atoms with Crippen molar-refractivity contribution in [3.05, 3.63) is 83.4 Å². The Labute approximate surface area is 263 Å². The number of fused-ring (bicyclic) bond motifs is 3.